The van der Waals surface area contributed by atoms with Crippen LogP contribution in [0.5, 0.6) is 5.75 Å². The number of rotatable bonds is 2. The van der Waals surface area contributed by atoms with Crippen LogP contribution < -0.4 is 0 Å². The summed E-state index contributed by atoms with van der Waals surface area (Å²) in [4.78, 5) is 0. The average Bonchev–Trinajstić information content (AvgIpc) is 1.99. The maximum absolute atomic E-state index is 9.30. The van der Waals surface area contributed by atoms with Crippen molar-refractivity contribution in [1.82, 2.24) is 0 Å². The lowest BCUT2D eigenvalue weighted by Gasteiger charge is -2.02. The van der Waals surface area contributed by atoms with Gasteiger partial charge in [0.15, 0.2) is 0 Å². The van der Waals surface area contributed by atoms with Gasteiger partial charge in [-0.15, -0.1) is 0 Å². The number of aryl methyl sites for hydroxylation is 1. The second kappa shape index (κ2) is 4.30. The molecule has 0 saturated carbocycles. The average molecular weight is 327 g/mol. The summed E-state index contributed by atoms with van der Waals surface area (Å²) < 4.78 is 0.963. The Kier molecular flexibility index (Phi) is 3.65. The second-order valence-corrected chi connectivity index (χ2v) is 4.06. The van der Waals surface area contributed by atoms with Crippen molar-refractivity contribution >= 4 is 38.5 Å². The predicted octanol–water partition coefficient (Wildman–Crippen LogP) is 2.93. The van der Waals surface area contributed by atoms with E-state index in [1.807, 2.05) is 12.1 Å². The van der Waals surface area contributed by atoms with E-state index in [1.165, 1.54) is 5.56 Å². The van der Waals surface area contributed by atoms with Crippen molar-refractivity contribution in [3.8, 4) is 5.75 Å². The lowest BCUT2D eigenvalue weighted by Crippen LogP contribution is -1.89. The van der Waals surface area contributed by atoms with Gasteiger partial charge >= 0.3 is 0 Å². The molecule has 60 valence electrons. The standard InChI is InChI=1S/C8H8BrIO/c9-5-4-6-2-1-3-7(11)8(6)10/h1-3,11H,4-5H2. The third kappa shape index (κ3) is 2.33. The van der Waals surface area contributed by atoms with Crippen LogP contribution in [0.4, 0.5) is 0 Å². The molecule has 1 nitrogen and oxygen atoms in total. The van der Waals surface area contributed by atoms with Gasteiger partial charge in [-0.3, -0.25) is 0 Å². The fraction of sp³-hybridized carbons (Fsp3) is 0.250. The zero-order chi connectivity index (χ0) is 8.27. The highest BCUT2D eigenvalue weighted by atomic mass is 127. The number of phenols is 1. The van der Waals surface area contributed by atoms with Gasteiger partial charge in [0, 0.05) is 5.33 Å². The quantitative estimate of drug-likeness (QED) is 0.654. The van der Waals surface area contributed by atoms with E-state index in [0.29, 0.717) is 5.75 Å². The molecule has 0 aliphatic carbocycles. The van der Waals surface area contributed by atoms with Gasteiger partial charge in [0.1, 0.15) is 5.75 Å². The summed E-state index contributed by atoms with van der Waals surface area (Å²) in [6.07, 6.45) is 0.965. The molecule has 1 rings (SSSR count). The number of benzene rings is 1. The van der Waals surface area contributed by atoms with Crippen molar-refractivity contribution in [3.05, 3.63) is 27.3 Å². The Morgan fingerprint density at radius 3 is 2.82 bits per heavy atom. The van der Waals surface area contributed by atoms with Crippen LogP contribution in [0, 0.1) is 3.57 Å². The molecular weight excluding hydrogens is 319 g/mol. The molecule has 0 aromatic heterocycles. The minimum atomic E-state index is 0.379. The molecule has 1 aromatic carbocycles. The van der Waals surface area contributed by atoms with E-state index in [1.54, 1.807) is 6.07 Å². The molecule has 11 heavy (non-hydrogen) atoms. The Labute approximate surface area is 88.1 Å². The summed E-state index contributed by atoms with van der Waals surface area (Å²) in [5.41, 5.74) is 1.20. The molecule has 0 bridgehead atoms. The summed E-state index contributed by atoms with van der Waals surface area (Å²) in [6.45, 7) is 0. The highest BCUT2D eigenvalue weighted by Crippen LogP contribution is 2.23. The maximum Gasteiger partial charge on any atom is 0.129 e. The molecule has 0 fully saturated rings. The largest absolute Gasteiger partial charge is 0.507 e. The van der Waals surface area contributed by atoms with Crippen molar-refractivity contribution in [2.45, 2.75) is 6.42 Å². The first-order valence-electron chi connectivity index (χ1n) is 3.28. The summed E-state index contributed by atoms with van der Waals surface area (Å²) >= 11 is 5.52. The van der Waals surface area contributed by atoms with Crippen LogP contribution in [0.1, 0.15) is 5.56 Å². The molecule has 0 spiro atoms. The molecule has 0 saturated heterocycles. The number of aromatic hydroxyl groups is 1. The zero-order valence-electron chi connectivity index (χ0n) is 5.85. The van der Waals surface area contributed by atoms with E-state index < -0.39 is 0 Å². The van der Waals surface area contributed by atoms with Crippen LogP contribution in [-0.2, 0) is 6.42 Å². The number of hydrogen-bond donors (Lipinski definition) is 1. The van der Waals surface area contributed by atoms with Crippen molar-refractivity contribution < 1.29 is 5.11 Å². The number of phenolic OH excluding ortho intramolecular Hbond substituents is 1. The monoisotopic (exact) mass is 326 g/mol. The van der Waals surface area contributed by atoms with Gasteiger partial charge in [-0.2, -0.15) is 0 Å². The Balaban J connectivity index is 2.96. The summed E-state index contributed by atoms with van der Waals surface area (Å²) in [5, 5.41) is 10.2. The molecule has 0 aliphatic rings. The Morgan fingerprint density at radius 1 is 1.45 bits per heavy atom. The molecule has 3 heteroatoms. The van der Waals surface area contributed by atoms with E-state index >= 15 is 0 Å². The first-order valence-corrected chi connectivity index (χ1v) is 5.48. The molecule has 0 atom stereocenters. The minimum absolute atomic E-state index is 0.379. The van der Waals surface area contributed by atoms with E-state index in [-0.39, 0.29) is 0 Å². The molecule has 1 N–H and O–H groups in total. The lowest BCUT2D eigenvalue weighted by atomic mass is 10.2. The van der Waals surface area contributed by atoms with Crippen molar-refractivity contribution in [1.29, 1.82) is 0 Å². The van der Waals surface area contributed by atoms with Crippen LogP contribution in [-0.4, -0.2) is 10.4 Å². The van der Waals surface area contributed by atoms with Crippen molar-refractivity contribution in [3.63, 3.8) is 0 Å². The molecule has 0 amide bonds. The zero-order valence-corrected chi connectivity index (χ0v) is 9.59. The van der Waals surface area contributed by atoms with Crippen LogP contribution in [0.25, 0.3) is 0 Å². The van der Waals surface area contributed by atoms with Crippen LogP contribution in [0.3, 0.4) is 0 Å². The lowest BCUT2D eigenvalue weighted by molar-refractivity contribution is 0.470. The Morgan fingerprint density at radius 2 is 2.18 bits per heavy atom. The molecule has 0 radical (unpaired) electrons. The summed E-state index contributed by atoms with van der Waals surface area (Å²) in [7, 11) is 0. The fourth-order valence-corrected chi connectivity index (χ4v) is 1.92. The Bertz CT molecular complexity index is 250. The van der Waals surface area contributed by atoms with Gasteiger partial charge in [0.25, 0.3) is 0 Å². The van der Waals surface area contributed by atoms with E-state index in [0.717, 1.165) is 15.3 Å². The summed E-state index contributed by atoms with van der Waals surface area (Å²) in [5.74, 6) is 0.379. The van der Waals surface area contributed by atoms with Crippen molar-refractivity contribution in [2.75, 3.05) is 5.33 Å². The van der Waals surface area contributed by atoms with E-state index in [4.69, 9.17) is 0 Å². The minimum Gasteiger partial charge on any atom is -0.507 e. The smallest absolute Gasteiger partial charge is 0.129 e. The summed E-state index contributed by atoms with van der Waals surface area (Å²) in [6, 6.07) is 5.61. The first-order chi connectivity index (χ1) is 5.25. The van der Waals surface area contributed by atoms with Crippen molar-refractivity contribution in [2.24, 2.45) is 0 Å². The highest BCUT2D eigenvalue weighted by molar-refractivity contribution is 14.1. The molecule has 1 aromatic rings. The van der Waals surface area contributed by atoms with Gasteiger partial charge < -0.3 is 5.11 Å². The molecule has 0 aliphatic heterocycles. The normalized spacial score (nSPS) is 10.0. The third-order valence-electron chi connectivity index (χ3n) is 1.42. The number of hydrogen-bond acceptors (Lipinski definition) is 1. The maximum atomic E-state index is 9.30. The van der Waals surface area contributed by atoms with E-state index in [2.05, 4.69) is 38.5 Å². The Hall–Kier alpha value is 0.230. The fourth-order valence-electron chi connectivity index (χ4n) is 0.861. The SMILES string of the molecule is Oc1cccc(CCBr)c1I. The van der Waals surface area contributed by atoms with Gasteiger partial charge in [-0.25, -0.2) is 0 Å². The number of alkyl halides is 1. The molecule has 0 unspecified atom stereocenters. The van der Waals surface area contributed by atoms with Crippen LogP contribution in [0.2, 0.25) is 0 Å². The first kappa shape index (κ1) is 9.32. The van der Waals surface area contributed by atoms with Crippen LogP contribution >= 0.6 is 38.5 Å². The van der Waals surface area contributed by atoms with Gasteiger partial charge in [0.05, 0.1) is 3.57 Å². The highest BCUT2D eigenvalue weighted by Gasteiger charge is 2.01. The third-order valence-corrected chi connectivity index (χ3v) is 3.06. The molecule has 0 heterocycles. The van der Waals surface area contributed by atoms with Crippen LogP contribution in [0.15, 0.2) is 18.2 Å². The van der Waals surface area contributed by atoms with Gasteiger partial charge in [-0.1, -0.05) is 28.1 Å². The topological polar surface area (TPSA) is 20.2 Å². The second-order valence-electron chi connectivity index (χ2n) is 2.19. The molecular formula is C8H8BrIO. The predicted molar refractivity (Wildman–Crippen MR) is 58.3 cm³/mol. The van der Waals surface area contributed by atoms with Gasteiger partial charge in [-0.05, 0) is 40.6 Å². The van der Waals surface area contributed by atoms with E-state index in [9.17, 15) is 5.11 Å². The van der Waals surface area contributed by atoms with Gasteiger partial charge in [0.2, 0.25) is 0 Å². The number of halogens is 2.